The Morgan fingerprint density at radius 2 is 2.33 bits per heavy atom. The third-order valence-electron chi connectivity index (χ3n) is 4.40. The van der Waals surface area contributed by atoms with Gasteiger partial charge in [0.2, 0.25) is 0 Å². The Morgan fingerprint density at radius 3 is 3.06 bits per heavy atom. The average molecular weight is 246 g/mol. The van der Waals surface area contributed by atoms with E-state index in [0.29, 0.717) is 6.04 Å². The third-order valence-corrected chi connectivity index (χ3v) is 4.40. The van der Waals surface area contributed by atoms with Gasteiger partial charge in [0.05, 0.1) is 6.61 Å². The van der Waals surface area contributed by atoms with Gasteiger partial charge in [-0.2, -0.15) is 0 Å². The molecule has 0 amide bonds. The van der Waals surface area contributed by atoms with Crippen LogP contribution in [-0.2, 0) is 12.8 Å². The van der Waals surface area contributed by atoms with E-state index < -0.39 is 0 Å². The highest BCUT2D eigenvalue weighted by atomic mass is 16.5. The van der Waals surface area contributed by atoms with E-state index in [9.17, 15) is 0 Å². The summed E-state index contributed by atoms with van der Waals surface area (Å²) in [6.45, 7) is 3.15. The fraction of sp³-hybridized carbons (Fsp3) is 0.600. The first-order chi connectivity index (χ1) is 8.78. The van der Waals surface area contributed by atoms with Crippen LogP contribution in [0.1, 0.15) is 30.9 Å². The van der Waals surface area contributed by atoms with Crippen LogP contribution in [0.15, 0.2) is 18.2 Å². The molecule has 18 heavy (non-hydrogen) atoms. The van der Waals surface area contributed by atoms with Gasteiger partial charge >= 0.3 is 0 Å². The number of nitrogens with two attached hydrogens (primary N) is 1. The minimum Gasteiger partial charge on any atom is -0.493 e. The number of nitrogens with one attached hydrogen (secondary N) is 1. The topological polar surface area (TPSA) is 47.3 Å². The number of hydrogen-bond acceptors (Lipinski definition) is 3. The zero-order valence-electron chi connectivity index (χ0n) is 11.0. The molecule has 2 aliphatic rings. The molecule has 1 aliphatic carbocycles. The molecular weight excluding hydrogens is 224 g/mol. The lowest BCUT2D eigenvalue weighted by Gasteiger charge is -2.15. The van der Waals surface area contributed by atoms with Crippen LogP contribution in [0, 0.1) is 11.8 Å². The Bertz CT molecular complexity index is 433. The Labute approximate surface area is 109 Å². The van der Waals surface area contributed by atoms with E-state index in [1.807, 2.05) is 0 Å². The van der Waals surface area contributed by atoms with Gasteiger partial charge in [-0.05, 0) is 48.3 Å². The van der Waals surface area contributed by atoms with Gasteiger partial charge in [0.15, 0.2) is 0 Å². The number of hydrazine groups is 1. The van der Waals surface area contributed by atoms with Crippen LogP contribution in [0.5, 0.6) is 5.75 Å². The molecule has 0 aromatic heterocycles. The molecule has 0 bridgehead atoms. The van der Waals surface area contributed by atoms with Crippen molar-refractivity contribution in [1.29, 1.82) is 0 Å². The first-order valence-electron chi connectivity index (χ1n) is 6.98. The van der Waals surface area contributed by atoms with Crippen LogP contribution in [0.3, 0.4) is 0 Å². The maximum absolute atomic E-state index is 5.66. The second-order valence-corrected chi connectivity index (χ2v) is 5.73. The highest BCUT2D eigenvalue weighted by molar-refractivity contribution is 5.39. The zero-order valence-corrected chi connectivity index (χ0v) is 11.0. The lowest BCUT2D eigenvalue weighted by molar-refractivity contribution is 0.357. The van der Waals surface area contributed by atoms with E-state index in [0.717, 1.165) is 43.5 Å². The molecule has 1 aromatic rings. The maximum atomic E-state index is 5.66. The molecule has 1 aliphatic heterocycles. The SMILES string of the molecule is CC1CC1C(CCc1ccc2c(c1)CCO2)NN. The molecule has 3 N–H and O–H groups in total. The Morgan fingerprint density at radius 1 is 1.50 bits per heavy atom. The van der Waals surface area contributed by atoms with Gasteiger partial charge in [-0.1, -0.05) is 19.1 Å². The molecule has 0 saturated heterocycles. The van der Waals surface area contributed by atoms with Crippen molar-refractivity contribution in [3.63, 3.8) is 0 Å². The van der Waals surface area contributed by atoms with E-state index in [2.05, 4.69) is 30.5 Å². The number of hydrogen-bond donors (Lipinski definition) is 2. The summed E-state index contributed by atoms with van der Waals surface area (Å²) in [6.07, 6.45) is 4.62. The van der Waals surface area contributed by atoms with Crippen LogP contribution in [-0.4, -0.2) is 12.6 Å². The van der Waals surface area contributed by atoms with Gasteiger partial charge in [-0.15, -0.1) is 0 Å². The largest absolute Gasteiger partial charge is 0.493 e. The van der Waals surface area contributed by atoms with Gasteiger partial charge in [-0.25, -0.2) is 0 Å². The number of ether oxygens (including phenoxy) is 1. The summed E-state index contributed by atoms with van der Waals surface area (Å²) in [4.78, 5) is 0. The summed E-state index contributed by atoms with van der Waals surface area (Å²) < 4.78 is 5.53. The van der Waals surface area contributed by atoms with Crippen LogP contribution in [0.25, 0.3) is 0 Å². The minimum atomic E-state index is 0.476. The standard InChI is InChI=1S/C15H22N2O/c1-10-8-13(10)14(17-16)4-2-11-3-5-15-12(9-11)6-7-18-15/h3,5,9-10,13-14,17H,2,4,6-8,16H2,1H3. The molecule has 0 spiro atoms. The van der Waals surface area contributed by atoms with Crippen molar-refractivity contribution in [2.45, 2.75) is 38.6 Å². The van der Waals surface area contributed by atoms with E-state index in [1.165, 1.54) is 17.5 Å². The maximum Gasteiger partial charge on any atom is 0.122 e. The molecule has 3 unspecified atom stereocenters. The molecule has 3 rings (SSSR count). The van der Waals surface area contributed by atoms with Gasteiger partial charge in [0, 0.05) is 12.5 Å². The normalized spacial score (nSPS) is 26.6. The number of benzene rings is 1. The van der Waals surface area contributed by atoms with E-state index in [-0.39, 0.29) is 0 Å². The lowest BCUT2D eigenvalue weighted by atomic mass is 9.99. The van der Waals surface area contributed by atoms with Crippen LogP contribution < -0.4 is 16.0 Å². The van der Waals surface area contributed by atoms with Crippen LogP contribution >= 0.6 is 0 Å². The number of rotatable bonds is 5. The molecule has 1 fully saturated rings. The molecule has 98 valence electrons. The summed E-state index contributed by atoms with van der Waals surface area (Å²) in [5, 5.41) is 0. The molecule has 0 radical (unpaired) electrons. The van der Waals surface area contributed by atoms with Crippen molar-refractivity contribution in [2.75, 3.05) is 6.61 Å². The number of aryl methyl sites for hydroxylation is 1. The summed E-state index contributed by atoms with van der Waals surface area (Å²) >= 11 is 0. The van der Waals surface area contributed by atoms with Crippen LogP contribution in [0.2, 0.25) is 0 Å². The van der Waals surface area contributed by atoms with Crippen molar-refractivity contribution in [2.24, 2.45) is 17.7 Å². The molecule has 1 heterocycles. The number of fused-ring (bicyclic) bond motifs is 1. The second kappa shape index (κ2) is 4.90. The zero-order chi connectivity index (χ0) is 12.5. The summed E-state index contributed by atoms with van der Waals surface area (Å²) in [5.74, 6) is 8.36. The highest BCUT2D eigenvalue weighted by Crippen LogP contribution is 2.41. The summed E-state index contributed by atoms with van der Waals surface area (Å²) in [5.41, 5.74) is 5.77. The van der Waals surface area contributed by atoms with Gasteiger partial charge in [0.25, 0.3) is 0 Å². The van der Waals surface area contributed by atoms with Crippen molar-refractivity contribution in [3.05, 3.63) is 29.3 Å². The van der Waals surface area contributed by atoms with Crippen molar-refractivity contribution < 1.29 is 4.74 Å². The van der Waals surface area contributed by atoms with Crippen molar-refractivity contribution in [1.82, 2.24) is 5.43 Å². The molecule has 3 atom stereocenters. The Hall–Kier alpha value is -1.06. The monoisotopic (exact) mass is 246 g/mol. The van der Waals surface area contributed by atoms with Crippen molar-refractivity contribution in [3.8, 4) is 5.75 Å². The predicted octanol–water partition coefficient (Wildman–Crippen LogP) is 2.04. The van der Waals surface area contributed by atoms with E-state index >= 15 is 0 Å². The predicted molar refractivity (Wildman–Crippen MR) is 72.3 cm³/mol. The van der Waals surface area contributed by atoms with E-state index in [1.54, 1.807) is 0 Å². The highest BCUT2D eigenvalue weighted by Gasteiger charge is 2.38. The summed E-state index contributed by atoms with van der Waals surface area (Å²) in [7, 11) is 0. The second-order valence-electron chi connectivity index (χ2n) is 5.73. The van der Waals surface area contributed by atoms with Crippen LogP contribution in [0.4, 0.5) is 0 Å². The van der Waals surface area contributed by atoms with Gasteiger partial charge < -0.3 is 4.74 Å². The lowest BCUT2D eigenvalue weighted by Crippen LogP contribution is -2.37. The van der Waals surface area contributed by atoms with Gasteiger partial charge in [-0.3, -0.25) is 11.3 Å². The molecule has 3 nitrogen and oxygen atoms in total. The minimum absolute atomic E-state index is 0.476. The average Bonchev–Trinajstić information content (AvgIpc) is 2.93. The fourth-order valence-electron chi connectivity index (χ4n) is 3.05. The quantitative estimate of drug-likeness (QED) is 0.617. The summed E-state index contributed by atoms with van der Waals surface area (Å²) in [6, 6.07) is 7.08. The Kier molecular flexibility index (Phi) is 3.27. The van der Waals surface area contributed by atoms with Gasteiger partial charge in [0.1, 0.15) is 5.75 Å². The molecular formula is C15H22N2O. The third kappa shape index (κ3) is 2.38. The van der Waals surface area contributed by atoms with E-state index in [4.69, 9.17) is 10.6 Å². The first-order valence-corrected chi connectivity index (χ1v) is 6.98. The molecule has 1 saturated carbocycles. The first kappa shape index (κ1) is 12.0. The smallest absolute Gasteiger partial charge is 0.122 e. The molecule has 1 aromatic carbocycles. The fourth-order valence-corrected chi connectivity index (χ4v) is 3.05. The molecule has 3 heteroatoms. The Balaban J connectivity index is 1.59. The van der Waals surface area contributed by atoms with Crippen molar-refractivity contribution >= 4 is 0 Å².